The van der Waals surface area contributed by atoms with Crippen LogP contribution in [-0.4, -0.2) is 25.6 Å². The van der Waals surface area contributed by atoms with Crippen molar-refractivity contribution < 1.29 is 30.8 Å². The highest BCUT2D eigenvalue weighted by Gasteiger charge is 2.33. The van der Waals surface area contributed by atoms with Crippen molar-refractivity contribution in [1.82, 2.24) is 10.3 Å². The molecule has 1 amide bonds. The molecule has 0 bridgehead atoms. The number of nitrogens with one attached hydrogen (secondary N) is 2. The Morgan fingerprint density at radius 2 is 2.00 bits per heavy atom. The summed E-state index contributed by atoms with van der Waals surface area (Å²) in [5.41, 5.74) is -1.64. The number of hydrogen-bond acceptors (Lipinski definition) is 4. The van der Waals surface area contributed by atoms with Gasteiger partial charge in [0.25, 0.3) is 0 Å². The van der Waals surface area contributed by atoms with Crippen LogP contribution in [0.3, 0.4) is 0 Å². The van der Waals surface area contributed by atoms with E-state index in [4.69, 9.17) is 11.6 Å². The van der Waals surface area contributed by atoms with E-state index in [2.05, 4.69) is 10.3 Å². The average Bonchev–Trinajstić information content (AvgIpc) is 2.59. The lowest BCUT2D eigenvalue weighted by atomic mass is 10.1. The van der Waals surface area contributed by atoms with Gasteiger partial charge in [0.15, 0.2) is 0 Å². The quantitative estimate of drug-likeness (QED) is 0.399. The third-order valence-electron chi connectivity index (χ3n) is 3.46. The number of para-hydroxylation sites is 1. The number of amides is 1. The Bertz CT molecular complexity index is 1060. The molecule has 0 aliphatic rings. The van der Waals surface area contributed by atoms with Crippen LogP contribution in [0.1, 0.15) is 16.7 Å². The summed E-state index contributed by atoms with van der Waals surface area (Å²) >= 11 is 5.48. The van der Waals surface area contributed by atoms with E-state index < -0.39 is 33.5 Å². The molecule has 0 aliphatic heterocycles. The Morgan fingerprint density at radius 3 is 2.62 bits per heavy atom. The SMILES string of the molecule is CS(=O)(=O)Nc1c(F)cccc1CNC(=O)C=Cc1cnc(Cl)cc1C(F)(F)F. The van der Waals surface area contributed by atoms with Crippen molar-refractivity contribution in [1.29, 1.82) is 0 Å². The van der Waals surface area contributed by atoms with E-state index in [-0.39, 0.29) is 28.5 Å². The van der Waals surface area contributed by atoms with Crippen LogP contribution < -0.4 is 10.0 Å². The van der Waals surface area contributed by atoms with Gasteiger partial charge in [0.1, 0.15) is 11.0 Å². The molecule has 2 aromatic rings. The van der Waals surface area contributed by atoms with Crippen LogP contribution in [0.5, 0.6) is 0 Å². The van der Waals surface area contributed by atoms with Gasteiger partial charge in [0.05, 0.1) is 17.5 Å². The Kier molecular flexibility index (Phi) is 6.85. The number of alkyl halides is 3. The Balaban J connectivity index is 2.15. The third-order valence-corrected chi connectivity index (χ3v) is 4.24. The van der Waals surface area contributed by atoms with Crippen molar-refractivity contribution in [3.8, 4) is 0 Å². The minimum atomic E-state index is -4.70. The van der Waals surface area contributed by atoms with E-state index in [9.17, 15) is 30.8 Å². The van der Waals surface area contributed by atoms with Crippen LogP contribution in [0.15, 0.2) is 36.5 Å². The summed E-state index contributed by atoms with van der Waals surface area (Å²) in [7, 11) is -3.77. The number of carbonyl (C=O) groups is 1. The van der Waals surface area contributed by atoms with Gasteiger partial charge in [-0.1, -0.05) is 23.7 Å². The Labute approximate surface area is 168 Å². The van der Waals surface area contributed by atoms with Crippen molar-refractivity contribution in [2.75, 3.05) is 11.0 Å². The summed E-state index contributed by atoms with van der Waals surface area (Å²) < 4.78 is 77.7. The molecule has 2 N–H and O–H groups in total. The maximum atomic E-state index is 13.9. The molecule has 0 saturated heterocycles. The van der Waals surface area contributed by atoms with Gasteiger partial charge in [-0.05, 0) is 23.8 Å². The number of carbonyl (C=O) groups excluding carboxylic acids is 1. The molecule has 2 rings (SSSR count). The molecule has 0 unspecified atom stereocenters. The second-order valence-corrected chi connectivity index (χ2v) is 7.93. The molecular formula is C17H14ClF4N3O3S. The van der Waals surface area contributed by atoms with Gasteiger partial charge in [-0.25, -0.2) is 17.8 Å². The molecule has 0 fully saturated rings. The number of anilines is 1. The first-order valence-corrected chi connectivity index (χ1v) is 10.1. The Morgan fingerprint density at radius 1 is 1.31 bits per heavy atom. The Hall–Kier alpha value is -2.66. The summed E-state index contributed by atoms with van der Waals surface area (Å²) in [6.07, 6.45) is -1.25. The number of halogens is 5. The smallest absolute Gasteiger partial charge is 0.348 e. The number of aromatic nitrogens is 1. The van der Waals surface area contributed by atoms with Gasteiger partial charge < -0.3 is 5.32 Å². The molecule has 1 aromatic carbocycles. The summed E-state index contributed by atoms with van der Waals surface area (Å²) in [5.74, 6) is -1.64. The molecular weight excluding hydrogens is 438 g/mol. The zero-order valence-corrected chi connectivity index (χ0v) is 16.3. The van der Waals surface area contributed by atoms with Gasteiger partial charge >= 0.3 is 6.18 Å². The first-order chi connectivity index (χ1) is 13.4. The lowest BCUT2D eigenvalue weighted by Crippen LogP contribution is -2.22. The monoisotopic (exact) mass is 451 g/mol. The number of nitrogens with zero attached hydrogens (tertiary/aromatic N) is 1. The molecule has 0 saturated carbocycles. The molecule has 29 heavy (non-hydrogen) atoms. The van der Waals surface area contributed by atoms with Gasteiger partial charge in [0, 0.05) is 24.4 Å². The van der Waals surface area contributed by atoms with Crippen LogP contribution >= 0.6 is 11.6 Å². The van der Waals surface area contributed by atoms with Crippen molar-refractivity contribution in [2.24, 2.45) is 0 Å². The highest BCUT2D eigenvalue weighted by atomic mass is 35.5. The summed E-state index contributed by atoms with van der Waals surface area (Å²) in [6.45, 7) is -0.274. The minimum Gasteiger partial charge on any atom is -0.348 e. The molecule has 156 valence electrons. The predicted octanol–water partition coefficient (Wildman–Crippen LogP) is 3.59. The topological polar surface area (TPSA) is 88.2 Å². The second kappa shape index (κ2) is 8.78. The van der Waals surface area contributed by atoms with Crippen LogP contribution in [-0.2, 0) is 27.5 Å². The number of rotatable bonds is 6. The van der Waals surface area contributed by atoms with E-state index in [0.717, 1.165) is 30.7 Å². The van der Waals surface area contributed by atoms with Gasteiger partial charge in [-0.15, -0.1) is 0 Å². The molecule has 12 heteroatoms. The van der Waals surface area contributed by atoms with Crippen LogP contribution in [0.25, 0.3) is 6.08 Å². The largest absolute Gasteiger partial charge is 0.417 e. The number of benzene rings is 1. The first-order valence-electron chi connectivity index (χ1n) is 7.80. The van der Waals surface area contributed by atoms with Crippen molar-refractivity contribution in [3.63, 3.8) is 0 Å². The predicted molar refractivity (Wildman–Crippen MR) is 100.0 cm³/mol. The maximum Gasteiger partial charge on any atom is 0.417 e. The maximum absolute atomic E-state index is 13.9. The normalized spacial score (nSPS) is 12.2. The second-order valence-electron chi connectivity index (χ2n) is 5.79. The number of pyridine rings is 1. The van der Waals surface area contributed by atoms with E-state index in [0.29, 0.717) is 6.07 Å². The fourth-order valence-electron chi connectivity index (χ4n) is 2.24. The number of hydrogen-bond donors (Lipinski definition) is 2. The number of sulfonamides is 1. The van der Waals surface area contributed by atoms with Gasteiger partial charge in [-0.2, -0.15) is 13.2 Å². The summed E-state index contributed by atoms with van der Waals surface area (Å²) in [5, 5.41) is 1.99. The van der Waals surface area contributed by atoms with Crippen LogP contribution in [0.4, 0.5) is 23.2 Å². The van der Waals surface area contributed by atoms with E-state index >= 15 is 0 Å². The lowest BCUT2D eigenvalue weighted by Gasteiger charge is -2.12. The van der Waals surface area contributed by atoms with Crippen LogP contribution in [0, 0.1) is 5.82 Å². The summed E-state index contributed by atoms with van der Waals surface area (Å²) in [6, 6.07) is 4.36. The van der Waals surface area contributed by atoms with Crippen molar-refractivity contribution >= 4 is 39.3 Å². The highest BCUT2D eigenvalue weighted by molar-refractivity contribution is 7.92. The standard InChI is InChI=1S/C17H14ClF4N3O3S/c1-29(27,28)25-16-11(3-2-4-13(16)19)9-24-15(26)6-5-10-8-23-14(18)7-12(10)17(20,21)22/h2-8,25H,9H2,1H3,(H,24,26). The first kappa shape index (κ1) is 22.6. The molecule has 6 nitrogen and oxygen atoms in total. The van der Waals surface area contributed by atoms with Crippen molar-refractivity contribution in [2.45, 2.75) is 12.7 Å². The minimum absolute atomic E-state index is 0.126. The fourth-order valence-corrected chi connectivity index (χ4v) is 3.00. The van der Waals surface area contributed by atoms with Gasteiger partial charge in [0.2, 0.25) is 15.9 Å². The molecule has 0 aliphatic carbocycles. The van der Waals surface area contributed by atoms with E-state index in [1.165, 1.54) is 12.1 Å². The average molecular weight is 452 g/mol. The van der Waals surface area contributed by atoms with Gasteiger partial charge in [-0.3, -0.25) is 9.52 Å². The fraction of sp³-hybridized carbons (Fsp3) is 0.176. The zero-order chi connectivity index (χ0) is 21.8. The lowest BCUT2D eigenvalue weighted by molar-refractivity contribution is -0.137. The molecule has 1 heterocycles. The van der Waals surface area contributed by atoms with E-state index in [1.54, 1.807) is 0 Å². The molecule has 1 aromatic heterocycles. The highest BCUT2D eigenvalue weighted by Crippen LogP contribution is 2.33. The molecule has 0 radical (unpaired) electrons. The molecule has 0 spiro atoms. The van der Waals surface area contributed by atoms with E-state index in [1.807, 2.05) is 4.72 Å². The van der Waals surface area contributed by atoms with Crippen molar-refractivity contribution in [3.05, 3.63) is 64.2 Å². The third kappa shape index (κ3) is 6.71. The zero-order valence-electron chi connectivity index (χ0n) is 14.7. The summed E-state index contributed by atoms with van der Waals surface area (Å²) in [4.78, 5) is 15.5. The van der Waals surface area contributed by atoms with Crippen LogP contribution in [0.2, 0.25) is 5.15 Å². The molecule has 0 atom stereocenters.